The molecule has 0 bridgehead atoms. The van der Waals surface area contributed by atoms with Gasteiger partial charge in [-0.25, -0.2) is 0 Å². The van der Waals surface area contributed by atoms with Crippen LogP contribution in [0.2, 0.25) is 0 Å². The number of hydrogen-bond acceptors (Lipinski definition) is 5. The average molecular weight is 517 g/mol. The highest BCUT2D eigenvalue weighted by Gasteiger charge is 2.22. The fourth-order valence-corrected chi connectivity index (χ4v) is 5.16. The van der Waals surface area contributed by atoms with Crippen LogP contribution in [0.25, 0.3) is 0 Å². The van der Waals surface area contributed by atoms with Crippen LogP contribution in [0.15, 0.2) is 101 Å². The summed E-state index contributed by atoms with van der Waals surface area (Å²) >= 11 is 2.83. The van der Waals surface area contributed by atoms with E-state index in [0.29, 0.717) is 22.9 Å². The minimum Gasteiger partial charge on any atom is -0.494 e. The van der Waals surface area contributed by atoms with Crippen molar-refractivity contribution >= 4 is 46.3 Å². The van der Waals surface area contributed by atoms with Gasteiger partial charge in [-0.15, -0.1) is 23.1 Å². The molecule has 4 aromatic rings. The highest BCUT2D eigenvalue weighted by atomic mass is 32.2. The van der Waals surface area contributed by atoms with Crippen LogP contribution in [-0.4, -0.2) is 18.4 Å². The van der Waals surface area contributed by atoms with E-state index in [0.717, 1.165) is 29.1 Å². The van der Waals surface area contributed by atoms with Crippen LogP contribution in [0.4, 0.5) is 11.4 Å². The van der Waals surface area contributed by atoms with Gasteiger partial charge in [-0.2, -0.15) is 0 Å². The van der Waals surface area contributed by atoms with Crippen LogP contribution in [0.3, 0.4) is 0 Å². The van der Waals surface area contributed by atoms with Crippen molar-refractivity contribution in [3.05, 3.63) is 107 Å². The van der Waals surface area contributed by atoms with Crippen LogP contribution in [0.1, 0.15) is 40.3 Å². The van der Waals surface area contributed by atoms with E-state index in [4.69, 9.17) is 4.74 Å². The van der Waals surface area contributed by atoms with Crippen molar-refractivity contribution in [2.24, 2.45) is 0 Å². The van der Waals surface area contributed by atoms with Gasteiger partial charge in [-0.05, 0) is 65.9 Å². The topological polar surface area (TPSA) is 67.4 Å². The van der Waals surface area contributed by atoms with Crippen LogP contribution < -0.4 is 15.4 Å². The van der Waals surface area contributed by atoms with Crippen LogP contribution in [-0.2, 0) is 4.79 Å². The molecule has 0 spiro atoms. The monoisotopic (exact) mass is 516 g/mol. The van der Waals surface area contributed by atoms with E-state index < -0.39 is 5.25 Å². The number of ether oxygens (including phenoxy) is 1. The first kappa shape index (κ1) is 25.5. The van der Waals surface area contributed by atoms with Crippen molar-refractivity contribution in [3.8, 4) is 5.75 Å². The Bertz CT molecular complexity index is 1260. The molecular weight excluding hydrogens is 488 g/mol. The van der Waals surface area contributed by atoms with Gasteiger partial charge in [0, 0.05) is 16.3 Å². The van der Waals surface area contributed by atoms with Gasteiger partial charge in [0.1, 0.15) is 11.0 Å². The third-order valence-electron chi connectivity index (χ3n) is 5.32. The number of nitrogens with one attached hydrogen (secondary N) is 2. The predicted molar refractivity (Wildman–Crippen MR) is 149 cm³/mol. The lowest BCUT2D eigenvalue weighted by atomic mass is 10.1. The zero-order valence-corrected chi connectivity index (χ0v) is 21.6. The highest BCUT2D eigenvalue weighted by Crippen LogP contribution is 2.37. The maximum absolute atomic E-state index is 13.4. The number of anilines is 2. The molecule has 4 rings (SSSR count). The van der Waals surface area contributed by atoms with E-state index in [1.165, 1.54) is 23.1 Å². The fraction of sp³-hybridized carbons (Fsp3) is 0.172. The van der Waals surface area contributed by atoms with Crippen molar-refractivity contribution in [1.29, 1.82) is 0 Å². The van der Waals surface area contributed by atoms with Gasteiger partial charge in [0.05, 0.1) is 11.5 Å². The number of thioether (sulfide) groups is 1. The molecule has 1 heterocycles. The normalized spacial score (nSPS) is 11.5. The van der Waals surface area contributed by atoms with Crippen LogP contribution in [0, 0.1) is 0 Å². The van der Waals surface area contributed by atoms with Gasteiger partial charge < -0.3 is 15.4 Å². The molecule has 0 fully saturated rings. The molecule has 0 saturated carbocycles. The van der Waals surface area contributed by atoms with Gasteiger partial charge in [-0.3, -0.25) is 9.59 Å². The molecule has 2 N–H and O–H groups in total. The molecule has 0 aliphatic heterocycles. The standard InChI is InChI=1S/C29H28N2O3S2/c1-2-3-18-34-24-16-14-22(15-17-24)30-29(33)27(21-9-5-4-6-10-21)36-25-12-7-11-23(20-25)31-28(32)26-13-8-19-35-26/h4-17,19-20,27H,2-3,18H2,1H3,(H,30,33)(H,31,32). The lowest BCUT2D eigenvalue weighted by Crippen LogP contribution is -2.19. The summed E-state index contributed by atoms with van der Waals surface area (Å²) < 4.78 is 5.72. The second-order valence-electron chi connectivity index (χ2n) is 8.08. The number of thiophene rings is 1. The summed E-state index contributed by atoms with van der Waals surface area (Å²) in [6.45, 7) is 2.81. The molecule has 184 valence electrons. The predicted octanol–water partition coefficient (Wildman–Crippen LogP) is 7.65. The van der Waals surface area contributed by atoms with E-state index in [1.54, 1.807) is 6.07 Å². The zero-order valence-electron chi connectivity index (χ0n) is 20.0. The molecule has 3 aromatic carbocycles. The molecule has 5 nitrogen and oxygen atoms in total. The summed E-state index contributed by atoms with van der Waals surface area (Å²) in [6, 6.07) is 28.3. The minimum absolute atomic E-state index is 0.126. The quantitative estimate of drug-likeness (QED) is 0.159. The Balaban J connectivity index is 1.47. The first-order valence-corrected chi connectivity index (χ1v) is 13.6. The maximum Gasteiger partial charge on any atom is 0.265 e. The first-order valence-electron chi connectivity index (χ1n) is 11.8. The Hall–Kier alpha value is -3.55. The van der Waals surface area contributed by atoms with E-state index >= 15 is 0 Å². The number of carbonyl (C=O) groups is 2. The van der Waals surface area contributed by atoms with Crippen molar-refractivity contribution in [2.75, 3.05) is 17.2 Å². The molecule has 0 radical (unpaired) electrons. The molecule has 0 saturated heterocycles. The molecular formula is C29H28N2O3S2. The fourth-order valence-electron chi connectivity index (χ4n) is 3.46. The largest absolute Gasteiger partial charge is 0.494 e. The summed E-state index contributed by atoms with van der Waals surface area (Å²) in [7, 11) is 0. The Morgan fingerprint density at radius 3 is 2.42 bits per heavy atom. The van der Waals surface area contributed by atoms with E-state index in [9.17, 15) is 9.59 Å². The summed E-state index contributed by atoms with van der Waals surface area (Å²) in [5.41, 5.74) is 2.29. The molecule has 1 unspecified atom stereocenters. The highest BCUT2D eigenvalue weighted by molar-refractivity contribution is 8.00. The molecule has 1 atom stereocenters. The number of benzene rings is 3. The molecule has 0 aliphatic rings. The molecule has 7 heteroatoms. The minimum atomic E-state index is -0.477. The lowest BCUT2D eigenvalue weighted by Gasteiger charge is -2.18. The summed E-state index contributed by atoms with van der Waals surface area (Å²) in [5, 5.41) is 7.37. The van der Waals surface area contributed by atoms with E-state index in [-0.39, 0.29) is 11.8 Å². The number of rotatable bonds is 11. The Kier molecular flexibility index (Phi) is 9.19. The zero-order chi connectivity index (χ0) is 25.2. The third-order valence-corrected chi connectivity index (χ3v) is 7.44. The summed E-state index contributed by atoms with van der Waals surface area (Å²) in [6.07, 6.45) is 2.09. The van der Waals surface area contributed by atoms with Gasteiger partial charge in [0.15, 0.2) is 0 Å². The molecule has 2 amide bonds. The van der Waals surface area contributed by atoms with Crippen molar-refractivity contribution < 1.29 is 14.3 Å². The Morgan fingerprint density at radius 1 is 0.889 bits per heavy atom. The van der Waals surface area contributed by atoms with Gasteiger partial charge >= 0.3 is 0 Å². The van der Waals surface area contributed by atoms with Crippen molar-refractivity contribution in [1.82, 2.24) is 0 Å². The second kappa shape index (κ2) is 13.0. The molecule has 1 aromatic heterocycles. The van der Waals surface area contributed by atoms with E-state index in [2.05, 4.69) is 17.6 Å². The van der Waals surface area contributed by atoms with Gasteiger partial charge in [0.25, 0.3) is 5.91 Å². The lowest BCUT2D eigenvalue weighted by molar-refractivity contribution is -0.115. The Morgan fingerprint density at radius 2 is 1.69 bits per heavy atom. The van der Waals surface area contributed by atoms with Gasteiger partial charge in [0.2, 0.25) is 5.91 Å². The SMILES string of the molecule is CCCCOc1ccc(NC(=O)C(Sc2cccc(NC(=O)c3cccs3)c2)c2ccccc2)cc1. The summed E-state index contributed by atoms with van der Waals surface area (Å²) in [5.74, 6) is 0.516. The molecule has 0 aliphatic carbocycles. The number of carbonyl (C=O) groups excluding carboxylic acids is 2. The Labute approximate surface area is 219 Å². The van der Waals surface area contributed by atoms with E-state index in [1.807, 2.05) is 90.3 Å². The van der Waals surface area contributed by atoms with Crippen molar-refractivity contribution in [2.45, 2.75) is 29.9 Å². The average Bonchev–Trinajstić information content (AvgIpc) is 3.45. The summed E-state index contributed by atoms with van der Waals surface area (Å²) in [4.78, 5) is 27.4. The van der Waals surface area contributed by atoms with Crippen molar-refractivity contribution in [3.63, 3.8) is 0 Å². The maximum atomic E-state index is 13.4. The second-order valence-corrected chi connectivity index (χ2v) is 10.2. The first-order chi connectivity index (χ1) is 17.6. The number of hydrogen-bond donors (Lipinski definition) is 2. The smallest absolute Gasteiger partial charge is 0.265 e. The number of amides is 2. The molecule has 36 heavy (non-hydrogen) atoms. The third kappa shape index (κ3) is 7.23. The van der Waals surface area contributed by atoms with Crippen LogP contribution in [0.5, 0.6) is 5.75 Å². The number of unbranched alkanes of at least 4 members (excludes halogenated alkanes) is 1. The van der Waals surface area contributed by atoms with Crippen LogP contribution >= 0.6 is 23.1 Å². The van der Waals surface area contributed by atoms with Gasteiger partial charge in [-0.1, -0.05) is 55.8 Å².